The summed E-state index contributed by atoms with van der Waals surface area (Å²) in [4.78, 5) is 29.7. The molecule has 9 heteroatoms. The Morgan fingerprint density at radius 1 is 1.03 bits per heavy atom. The Bertz CT molecular complexity index is 1310. The van der Waals surface area contributed by atoms with Crippen LogP contribution in [0.3, 0.4) is 0 Å². The topological polar surface area (TPSA) is 125 Å². The number of nitrogens with zero attached hydrogens (tertiary/aromatic N) is 4. The number of pyridine rings is 1. The van der Waals surface area contributed by atoms with Crippen molar-refractivity contribution in [2.45, 2.75) is 20.5 Å². The lowest BCUT2D eigenvalue weighted by Gasteiger charge is -2.11. The highest BCUT2D eigenvalue weighted by Gasteiger charge is 2.15. The molecule has 3 N–H and O–H groups in total. The second-order valence-electron chi connectivity index (χ2n) is 7.13. The van der Waals surface area contributed by atoms with Crippen molar-refractivity contribution in [3.8, 4) is 5.75 Å². The van der Waals surface area contributed by atoms with Crippen LogP contribution in [0.15, 0.2) is 48.5 Å². The van der Waals surface area contributed by atoms with Gasteiger partial charge in [-0.25, -0.2) is 4.79 Å². The molecule has 0 radical (unpaired) electrons. The van der Waals surface area contributed by atoms with Crippen LogP contribution >= 0.6 is 0 Å². The molecule has 0 bridgehead atoms. The number of hydrogen-bond donors (Lipinski definition) is 2. The maximum Gasteiger partial charge on any atom is 0.340 e. The molecule has 2 aromatic heterocycles. The van der Waals surface area contributed by atoms with Crippen LogP contribution in [0.2, 0.25) is 0 Å². The van der Waals surface area contributed by atoms with Crippen molar-refractivity contribution in [3.05, 3.63) is 71.2 Å². The molecule has 0 aliphatic rings. The predicted octanol–water partition coefficient (Wildman–Crippen LogP) is 3.73. The molecule has 2 heterocycles. The van der Waals surface area contributed by atoms with Gasteiger partial charge < -0.3 is 20.5 Å². The van der Waals surface area contributed by atoms with Crippen molar-refractivity contribution in [3.63, 3.8) is 0 Å². The van der Waals surface area contributed by atoms with E-state index in [0.717, 1.165) is 22.2 Å². The van der Waals surface area contributed by atoms with Crippen LogP contribution in [0, 0.1) is 13.8 Å². The molecule has 2 aromatic carbocycles. The Labute approximate surface area is 184 Å². The number of nitrogens with two attached hydrogens (primary N) is 1. The van der Waals surface area contributed by atoms with Gasteiger partial charge in [0, 0.05) is 11.1 Å². The third kappa shape index (κ3) is 4.56. The van der Waals surface area contributed by atoms with Gasteiger partial charge in [-0.1, -0.05) is 18.2 Å². The molecule has 162 valence electrons. The summed E-state index contributed by atoms with van der Waals surface area (Å²) in [5.41, 5.74) is 9.36. The fraction of sp³-hybridized carbons (Fsp3) is 0.174. The van der Waals surface area contributed by atoms with Crippen LogP contribution in [-0.2, 0) is 11.3 Å². The molecular weight excluding hydrogens is 408 g/mol. The van der Waals surface area contributed by atoms with E-state index in [1.54, 1.807) is 20.1 Å². The third-order valence-electron chi connectivity index (χ3n) is 4.86. The van der Waals surface area contributed by atoms with Gasteiger partial charge in [0.15, 0.2) is 12.4 Å². The molecule has 0 saturated heterocycles. The van der Waals surface area contributed by atoms with Crippen LogP contribution in [0.1, 0.15) is 27.4 Å². The molecule has 32 heavy (non-hydrogen) atoms. The summed E-state index contributed by atoms with van der Waals surface area (Å²) in [6, 6.07) is 14.9. The zero-order chi connectivity index (χ0) is 22.7. The summed E-state index contributed by atoms with van der Waals surface area (Å²) in [6.45, 7) is 3.56. The Morgan fingerprint density at radius 2 is 1.84 bits per heavy atom. The maximum absolute atomic E-state index is 12.7. The number of nitrogen functional groups attached to an aromatic ring is 1. The SMILES string of the molecule is COc1ccc2nc(C)c(C(=O)OCc3nc(N)nc(Nc4ccccc4C)n3)cc2c1. The van der Waals surface area contributed by atoms with Gasteiger partial charge in [0.2, 0.25) is 11.9 Å². The van der Waals surface area contributed by atoms with Crippen molar-refractivity contribution in [1.82, 2.24) is 19.9 Å². The average molecular weight is 430 g/mol. The van der Waals surface area contributed by atoms with Gasteiger partial charge in [0.05, 0.1) is 23.9 Å². The number of para-hydroxylation sites is 1. The summed E-state index contributed by atoms with van der Waals surface area (Å²) in [7, 11) is 1.58. The van der Waals surface area contributed by atoms with E-state index in [1.165, 1.54) is 0 Å². The van der Waals surface area contributed by atoms with Gasteiger partial charge in [-0.05, 0) is 49.7 Å². The summed E-state index contributed by atoms with van der Waals surface area (Å²) < 4.78 is 10.7. The van der Waals surface area contributed by atoms with Crippen molar-refractivity contribution in [2.75, 3.05) is 18.2 Å². The Morgan fingerprint density at radius 3 is 2.62 bits per heavy atom. The highest BCUT2D eigenvalue weighted by molar-refractivity contribution is 5.95. The molecule has 4 rings (SSSR count). The molecule has 0 saturated carbocycles. The van der Waals surface area contributed by atoms with E-state index >= 15 is 0 Å². The van der Waals surface area contributed by atoms with Crippen LogP contribution in [0.25, 0.3) is 10.9 Å². The Kier molecular flexibility index (Phi) is 5.80. The molecule has 0 aliphatic heterocycles. The third-order valence-corrected chi connectivity index (χ3v) is 4.86. The summed E-state index contributed by atoms with van der Waals surface area (Å²) in [5.74, 6) is 0.671. The molecule has 0 atom stereocenters. The van der Waals surface area contributed by atoms with Crippen molar-refractivity contribution in [1.29, 1.82) is 0 Å². The van der Waals surface area contributed by atoms with E-state index in [9.17, 15) is 4.79 Å². The molecular formula is C23H22N6O3. The van der Waals surface area contributed by atoms with Crippen LogP contribution in [0.4, 0.5) is 17.6 Å². The number of ether oxygens (including phenoxy) is 2. The van der Waals surface area contributed by atoms with Crippen molar-refractivity contribution >= 4 is 34.5 Å². The highest BCUT2D eigenvalue weighted by atomic mass is 16.5. The lowest BCUT2D eigenvalue weighted by Crippen LogP contribution is -2.12. The van der Waals surface area contributed by atoms with E-state index in [-0.39, 0.29) is 24.3 Å². The minimum Gasteiger partial charge on any atom is -0.497 e. The number of benzene rings is 2. The number of rotatable bonds is 6. The zero-order valence-electron chi connectivity index (χ0n) is 17.9. The number of carbonyl (C=O) groups is 1. The van der Waals surface area contributed by atoms with E-state index in [1.807, 2.05) is 49.4 Å². The first kappa shape index (κ1) is 21.0. The Balaban J connectivity index is 1.52. The second kappa shape index (κ2) is 8.84. The molecule has 0 aliphatic carbocycles. The van der Waals surface area contributed by atoms with Crippen LogP contribution in [0.5, 0.6) is 5.75 Å². The maximum atomic E-state index is 12.7. The number of aryl methyl sites for hydroxylation is 2. The van der Waals surface area contributed by atoms with Gasteiger partial charge in [0.25, 0.3) is 0 Å². The van der Waals surface area contributed by atoms with E-state index in [2.05, 4.69) is 25.3 Å². The summed E-state index contributed by atoms with van der Waals surface area (Å²) in [5, 5.41) is 3.88. The van der Waals surface area contributed by atoms with Gasteiger partial charge in [-0.2, -0.15) is 15.0 Å². The normalized spacial score (nSPS) is 10.7. The van der Waals surface area contributed by atoms with Crippen molar-refractivity contribution < 1.29 is 14.3 Å². The molecule has 0 fully saturated rings. The average Bonchev–Trinajstić information content (AvgIpc) is 2.78. The fourth-order valence-electron chi connectivity index (χ4n) is 3.18. The zero-order valence-corrected chi connectivity index (χ0v) is 17.9. The molecule has 0 spiro atoms. The number of nitrogens with one attached hydrogen (secondary N) is 1. The van der Waals surface area contributed by atoms with Gasteiger partial charge in [-0.3, -0.25) is 4.98 Å². The largest absolute Gasteiger partial charge is 0.497 e. The van der Waals surface area contributed by atoms with E-state index in [0.29, 0.717) is 17.0 Å². The summed E-state index contributed by atoms with van der Waals surface area (Å²) in [6.07, 6.45) is 0. The number of carbonyl (C=O) groups excluding carboxylic acids is 1. The number of methoxy groups -OCH3 is 1. The first-order valence-electron chi connectivity index (χ1n) is 9.88. The van der Waals surface area contributed by atoms with Gasteiger partial charge >= 0.3 is 5.97 Å². The first-order valence-corrected chi connectivity index (χ1v) is 9.88. The lowest BCUT2D eigenvalue weighted by molar-refractivity contribution is 0.0461. The monoisotopic (exact) mass is 430 g/mol. The minimum absolute atomic E-state index is 0.0257. The summed E-state index contributed by atoms with van der Waals surface area (Å²) >= 11 is 0. The van der Waals surface area contributed by atoms with E-state index < -0.39 is 5.97 Å². The Hall–Kier alpha value is -4.27. The molecule has 4 aromatic rings. The highest BCUT2D eigenvalue weighted by Crippen LogP contribution is 2.23. The quantitative estimate of drug-likeness (QED) is 0.440. The number of anilines is 3. The second-order valence-corrected chi connectivity index (χ2v) is 7.13. The number of aromatic nitrogens is 4. The van der Waals surface area contributed by atoms with Crippen molar-refractivity contribution in [2.24, 2.45) is 0 Å². The molecule has 9 nitrogen and oxygen atoms in total. The first-order chi connectivity index (χ1) is 15.4. The molecule has 0 amide bonds. The number of fused-ring (bicyclic) bond motifs is 1. The minimum atomic E-state index is -0.535. The number of hydrogen-bond acceptors (Lipinski definition) is 9. The predicted molar refractivity (Wildman–Crippen MR) is 121 cm³/mol. The smallest absolute Gasteiger partial charge is 0.340 e. The number of esters is 1. The molecule has 0 unspecified atom stereocenters. The van der Waals surface area contributed by atoms with Crippen LogP contribution in [-0.4, -0.2) is 33.0 Å². The van der Waals surface area contributed by atoms with Gasteiger partial charge in [-0.15, -0.1) is 0 Å². The van der Waals surface area contributed by atoms with Crippen LogP contribution < -0.4 is 15.8 Å². The standard InChI is InChI=1S/C23H22N6O3/c1-13-6-4-5-7-18(13)26-23-28-20(27-22(24)29-23)12-32-21(30)17-11-15-10-16(31-3)8-9-19(15)25-14(17)2/h4-11H,12H2,1-3H3,(H3,24,26,27,28,29). The van der Waals surface area contributed by atoms with E-state index in [4.69, 9.17) is 15.2 Å². The van der Waals surface area contributed by atoms with Gasteiger partial charge in [0.1, 0.15) is 5.75 Å². The lowest BCUT2D eigenvalue weighted by atomic mass is 10.1. The fourth-order valence-corrected chi connectivity index (χ4v) is 3.18.